The van der Waals surface area contributed by atoms with Gasteiger partial charge in [-0.25, -0.2) is 0 Å². The molecule has 2 rings (SSSR count). The van der Waals surface area contributed by atoms with Crippen molar-refractivity contribution in [2.45, 2.75) is 33.8 Å². The Kier molecular flexibility index (Phi) is 4.91. The molecule has 118 valence electrons. The Balaban J connectivity index is 2.42. The smallest absolute Gasteiger partial charge is 0.272 e. The zero-order chi connectivity index (χ0) is 16.3. The molecule has 0 fully saturated rings. The first kappa shape index (κ1) is 16.1. The quantitative estimate of drug-likeness (QED) is 0.922. The molecule has 0 aliphatic heterocycles. The van der Waals surface area contributed by atoms with Crippen LogP contribution in [0.15, 0.2) is 29.1 Å². The normalized spacial score (nSPS) is 10.6. The zero-order valence-electron chi connectivity index (χ0n) is 14.0. The van der Waals surface area contributed by atoms with E-state index in [1.165, 1.54) is 0 Å². The molecule has 0 radical (unpaired) electrons. The van der Waals surface area contributed by atoms with Gasteiger partial charge in [0.25, 0.3) is 5.56 Å². The van der Waals surface area contributed by atoms with E-state index in [9.17, 15) is 4.79 Å². The summed E-state index contributed by atoms with van der Waals surface area (Å²) in [6, 6.07) is 7.95. The number of H-pyrrole nitrogens is 1. The fourth-order valence-corrected chi connectivity index (χ4v) is 2.78. The van der Waals surface area contributed by atoms with E-state index in [2.05, 4.69) is 11.9 Å². The molecule has 0 saturated carbocycles. The molecule has 1 aromatic carbocycles. The Labute approximate surface area is 131 Å². The van der Waals surface area contributed by atoms with Crippen LogP contribution in [0.3, 0.4) is 0 Å². The van der Waals surface area contributed by atoms with Gasteiger partial charge in [0.05, 0.1) is 0 Å². The maximum Gasteiger partial charge on any atom is 0.272 e. The summed E-state index contributed by atoms with van der Waals surface area (Å²) < 4.78 is 5.94. The second kappa shape index (κ2) is 6.69. The van der Waals surface area contributed by atoms with Crippen molar-refractivity contribution < 1.29 is 4.74 Å². The lowest BCUT2D eigenvalue weighted by atomic mass is 10.0. The Morgan fingerprint density at radius 3 is 2.50 bits per heavy atom. The highest BCUT2D eigenvalue weighted by atomic mass is 16.5. The maximum absolute atomic E-state index is 12.3. The minimum absolute atomic E-state index is 0.0671. The van der Waals surface area contributed by atoms with Crippen molar-refractivity contribution in [1.29, 1.82) is 0 Å². The highest BCUT2D eigenvalue weighted by Gasteiger charge is 2.16. The minimum Gasteiger partial charge on any atom is -0.489 e. The van der Waals surface area contributed by atoms with Crippen LogP contribution in [0.25, 0.3) is 0 Å². The molecule has 0 saturated heterocycles. The van der Waals surface area contributed by atoms with E-state index in [1.54, 1.807) is 0 Å². The van der Waals surface area contributed by atoms with Gasteiger partial charge in [0.2, 0.25) is 0 Å². The lowest BCUT2D eigenvalue weighted by Crippen LogP contribution is -2.26. The molecule has 1 N–H and O–H groups in total. The molecule has 1 aromatic heterocycles. The number of benzene rings is 1. The van der Waals surface area contributed by atoms with Crippen LogP contribution in [0.2, 0.25) is 0 Å². The molecule has 2 aromatic rings. The van der Waals surface area contributed by atoms with Crippen LogP contribution in [-0.4, -0.2) is 19.1 Å². The summed E-state index contributed by atoms with van der Waals surface area (Å²) in [7, 11) is 3.77. The minimum atomic E-state index is -0.0671. The van der Waals surface area contributed by atoms with Gasteiger partial charge in [0.1, 0.15) is 18.0 Å². The van der Waals surface area contributed by atoms with Gasteiger partial charge in [-0.1, -0.05) is 19.1 Å². The summed E-state index contributed by atoms with van der Waals surface area (Å²) in [4.78, 5) is 17.1. The van der Waals surface area contributed by atoms with E-state index in [0.29, 0.717) is 12.3 Å². The first-order valence-corrected chi connectivity index (χ1v) is 7.55. The summed E-state index contributed by atoms with van der Waals surface area (Å²) in [6.45, 7) is 6.46. The number of hydrogen-bond acceptors (Lipinski definition) is 3. The molecule has 0 aliphatic rings. The van der Waals surface area contributed by atoms with Crippen molar-refractivity contribution >= 4 is 5.69 Å². The predicted octanol–water partition coefficient (Wildman–Crippen LogP) is 3.20. The topological polar surface area (TPSA) is 45.3 Å². The molecule has 1 heterocycles. The average molecular weight is 300 g/mol. The Morgan fingerprint density at radius 1 is 1.18 bits per heavy atom. The van der Waals surface area contributed by atoms with Gasteiger partial charge in [0.15, 0.2) is 0 Å². The molecule has 0 bridgehead atoms. The van der Waals surface area contributed by atoms with E-state index in [4.69, 9.17) is 4.74 Å². The molecule has 0 atom stereocenters. The lowest BCUT2D eigenvalue weighted by Gasteiger charge is -2.21. The zero-order valence-corrected chi connectivity index (χ0v) is 14.0. The molecular weight excluding hydrogens is 276 g/mol. The van der Waals surface area contributed by atoms with Crippen LogP contribution < -0.4 is 15.2 Å². The van der Waals surface area contributed by atoms with Crippen molar-refractivity contribution in [1.82, 2.24) is 4.98 Å². The van der Waals surface area contributed by atoms with Crippen LogP contribution in [-0.2, 0) is 13.0 Å². The number of aromatic amines is 1. The molecule has 0 spiro atoms. The number of pyridine rings is 1. The first-order valence-electron chi connectivity index (χ1n) is 7.55. The summed E-state index contributed by atoms with van der Waals surface area (Å²) in [5, 5.41) is 0. The van der Waals surface area contributed by atoms with Gasteiger partial charge in [0, 0.05) is 25.4 Å². The second-order valence-corrected chi connectivity index (χ2v) is 5.74. The fourth-order valence-electron chi connectivity index (χ4n) is 2.78. The molecule has 0 amide bonds. The Morgan fingerprint density at radius 2 is 1.91 bits per heavy atom. The van der Waals surface area contributed by atoms with Gasteiger partial charge in [-0.2, -0.15) is 0 Å². The number of anilines is 1. The van der Waals surface area contributed by atoms with Gasteiger partial charge in [-0.15, -0.1) is 0 Å². The van der Waals surface area contributed by atoms with Crippen molar-refractivity contribution in [3.8, 4) is 5.75 Å². The van der Waals surface area contributed by atoms with Gasteiger partial charge < -0.3 is 14.6 Å². The largest absolute Gasteiger partial charge is 0.489 e. The number of aryl methyl sites for hydroxylation is 2. The van der Waals surface area contributed by atoms with Crippen molar-refractivity contribution in [3.05, 3.63) is 57.0 Å². The van der Waals surface area contributed by atoms with E-state index < -0.39 is 0 Å². The molecule has 4 nitrogen and oxygen atoms in total. The molecule has 22 heavy (non-hydrogen) atoms. The van der Waals surface area contributed by atoms with Crippen molar-refractivity contribution in [3.63, 3.8) is 0 Å². The molecular formula is C18H24N2O2. The number of nitrogens with zero attached hydrogens (tertiary/aromatic N) is 1. The van der Waals surface area contributed by atoms with Crippen LogP contribution in [0.5, 0.6) is 5.75 Å². The summed E-state index contributed by atoms with van der Waals surface area (Å²) in [5.74, 6) is 0.824. The Bertz CT molecular complexity index is 718. The Hall–Kier alpha value is -2.23. The third-order valence-electron chi connectivity index (χ3n) is 3.79. The van der Waals surface area contributed by atoms with E-state index in [0.717, 1.165) is 34.6 Å². The van der Waals surface area contributed by atoms with Gasteiger partial charge >= 0.3 is 0 Å². The number of aromatic nitrogens is 1. The van der Waals surface area contributed by atoms with Crippen LogP contribution in [0.4, 0.5) is 5.69 Å². The highest BCUT2D eigenvalue weighted by Crippen LogP contribution is 2.23. The summed E-state index contributed by atoms with van der Waals surface area (Å²) >= 11 is 0. The predicted molar refractivity (Wildman–Crippen MR) is 91.0 cm³/mol. The monoisotopic (exact) mass is 300 g/mol. The van der Waals surface area contributed by atoms with Crippen molar-refractivity contribution in [2.75, 3.05) is 19.0 Å². The number of rotatable bonds is 5. The van der Waals surface area contributed by atoms with Crippen LogP contribution >= 0.6 is 0 Å². The highest BCUT2D eigenvalue weighted by molar-refractivity contribution is 5.55. The van der Waals surface area contributed by atoms with E-state index in [-0.39, 0.29) is 5.56 Å². The third-order valence-corrected chi connectivity index (χ3v) is 3.79. The number of nitrogens with one attached hydrogen (secondary N) is 1. The fraction of sp³-hybridized carbons (Fsp3) is 0.389. The number of hydrogen-bond donors (Lipinski definition) is 1. The summed E-state index contributed by atoms with van der Waals surface area (Å²) in [6.07, 6.45) is 0.857. The van der Waals surface area contributed by atoms with Gasteiger partial charge in [-0.05, 0) is 43.5 Å². The van der Waals surface area contributed by atoms with Gasteiger partial charge in [-0.3, -0.25) is 4.79 Å². The summed E-state index contributed by atoms with van der Waals surface area (Å²) in [5.41, 5.74) is 4.80. The number of ether oxygens (including phenoxy) is 1. The molecule has 4 heteroatoms. The van der Waals surface area contributed by atoms with E-state index in [1.807, 2.05) is 57.1 Å². The first-order chi connectivity index (χ1) is 10.4. The average Bonchev–Trinajstić information content (AvgIpc) is 2.44. The second-order valence-electron chi connectivity index (χ2n) is 5.74. The molecule has 0 aliphatic carbocycles. The third kappa shape index (κ3) is 3.32. The molecule has 0 unspecified atom stereocenters. The standard InChI is InChI=1S/C18H24N2O2/c1-6-15-13(3)19-18(21)17(20(4)5)16(15)11-22-14-9-7-8-12(2)10-14/h7-10H,6,11H2,1-5H3,(H,19,21). The van der Waals surface area contributed by atoms with Crippen molar-refractivity contribution in [2.24, 2.45) is 0 Å². The SMILES string of the molecule is CCc1c(C)[nH]c(=O)c(N(C)C)c1COc1cccc(C)c1. The van der Waals surface area contributed by atoms with Crippen LogP contribution in [0.1, 0.15) is 29.3 Å². The lowest BCUT2D eigenvalue weighted by molar-refractivity contribution is 0.304. The van der Waals surface area contributed by atoms with E-state index >= 15 is 0 Å². The van der Waals surface area contributed by atoms with Crippen LogP contribution in [0, 0.1) is 13.8 Å². The maximum atomic E-state index is 12.3.